The van der Waals surface area contributed by atoms with Crippen LogP contribution in [0.4, 0.5) is 10.5 Å². The number of pyridine rings is 1. The fraction of sp³-hybridized carbons (Fsp3) is 0.250. The van der Waals surface area contributed by atoms with Crippen molar-refractivity contribution >= 4 is 11.8 Å². The van der Waals surface area contributed by atoms with Gasteiger partial charge in [0.1, 0.15) is 6.10 Å². The monoisotopic (exact) mass is 164 g/mol. The van der Waals surface area contributed by atoms with Gasteiger partial charge in [-0.15, -0.1) is 0 Å². The van der Waals surface area contributed by atoms with Crippen LogP contribution in [-0.2, 0) is 4.74 Å². The molecule has 0 aromatic carbocycles. The molecule has 0 aliphatic carbocycles. The Morgan fingerprint density at radius 2 is 2.50 bits per heavy atom. The lowest BCUT2D eigenvalue weighted by Gasteiger charge is -2.22. The van der Waals surface area contributed by atoms with Crippen LogP contribution in [0, 0.1) is 0 Å². The van der Waals surface area contributed by atoms with Gasteiger partial charge in [0.05, 0.1) is 5.69 Å². The van der Waals surface area contributed by atoms with E-state index >= 15 is 0 Å². The summed E-state index contributed by atoms with van der Waals surface area (Å²) >= 11 is 0. The molecule has 0 saturated heterocycles. The minimum atomic E-state index is -0.402. The minimum absolute atomic E-state index is 0.206. The van der Waals surface area contributed by atoms with Gasteiger partial charge in [0.2, 0.25) is 0 Å². The Balaban J connectivity index is 2.47. The summed E-state index contributed by atoms with van der Waals surface area (Å²) in [4.78, 5) is 14.8. The SMILES string of the molecule is CC1OC(=O)Nc2ccncc21. The fourth-order valence-corrected chi connectivity index (χ4v) is 1.21. The normalized spacial score (nSPS) is 20.8. The average Bonchev–Trinajstić information content (AvgIpc) is 2.04. The fourth-order valence-electron chi connectivity index (χ4n) is 1.21. The van der Waals surface area contributed by atoms with Crippen LogP contribution in [-0.4, -0.2) is 11.1 Å². The van der Waals surface area contributed by atoms with Crippen LogP contribution in [0.15, 0.2) is 18.5 Å². The first-order valence-electron chi connectivity index (χ1n) is 3.69. The molecule has 4 nitrogen and oxygen atoms in total. The second-order valence-corrected chi connectivity index (χ2v) is 2.64. The molecular formula is C8H8N2O2. The summed E-state index contributed by atoms with van der Waals surface area (Å²) in [5.74, 6) is 0. The third-order valence-electron chi connectivity index (χ3n) is 1.81. The molecule has 1 aromatic heterocycles. The van der Waals surface area contributed by atoms with Crippen molar-refractivity contribution in [2.45, 2.75) is 13.0 Å². The smallest absolute Gasteiger partial charge is 0.412 e. The van der Waals surface area contributed by atoms with Crippen LogP contribution in [0.2, 0.25) is 0 Å². The number of rotatable bonds is 0. The molecule has 2 heterocycles. The van der Waals surface area contributed by atoms with Gasteiger partial charge in [-0.2, -0.15) is 0 Å². The second-order valence-electron chi connectivity index (χ2n) is 2.64. The van der Waals surface area contributed by atoms with E-state index in [4.69, 9.17) is 4.74 Å². The number of hydrogen-bond acceptors (Lipinski definition) is 3. The lowest BCUT2D eigenvalue weighted by atomic mass is 10.1. The predicted molar refractivity (Wildman–Crippen MR) is 42.8 cm³/mol. The van der Waals surface area contributed by atoms with Crippen LogP contribution in [0.25, 0.3) is 0 Å². The van der Waals surface area contributed by atoms with Crippen LogP contribution in [0.5, 0.6) is 0 Å². The summed E-state index contributed by atoms with van der Waals surface area (Å²) in [7, 11) is 0. The lowest BCUT2D eigenvalue weighted by Crippen LogP contribution is -2.23. The van der Waals surface area contributed by atoms with Crippen LogP contribution in [0.1, 0.15) is 18.6 Å². The lowest BCUT2D eigenvalue weighted by molar-refractivity contribution is 0.116. The van der Waals surface area contributed by atoms with Crippen molar-refractivity contribution in [3.05, 3.63) is 24.0 Å². The second kappa shape index (κ2) is 2.48. The Morgan fingerprint density at radius 3 is 3.33 bits per heavy atom. The topological polar surface area (TPSA) is 51.2 Å². The number of hydrogen-bond donors (Lipinski definition) is 1. The van der Waals surface area contributed by atoms with E-state index in [1.54, 1.807) is 18.5 Å². The van der Waals surface area contributed by atoms with E-state index in [0.717, 1.165) is 11.3 Å². The van der Waals surface area contributed by atoms with E-state index < -0.39 is 6.09 Å². The molecule has 0 bridgehead atoms. The Morgan fingerprint density at radius 1 is 1.67 bits per heavy atom. The van der Waals surface area contributed by atoms with Gasteiger partial charge in [-0.05, 0) is 13.0 Å². The number of ether oxygens (including phenoxy) is 1. The first-order chi connectivity index (χ1) is 5.77. The molecular weight excluding hydrogens is 156 g/mol. The molecule has 62 valence electrons. The molecule has 0 fully saturated rings. The molecule has 2 rings (SSSR count). The maximum absolute atomic E-state index is 10.9. The summed E-state index contributed by atoms with van der Waals surface area (Å²) < 4.78 is 4.92. The number of fused-ring (bicyclic) bond motifs is 1. The summed E-state index contributed by atoms with van der Waals surface area (Å²) in [5, 5.41) is 2.59. The molecule has 1 aliphatic rings. The first-order valence-corrected chi connectivity index (χ1v) is 3.69. The molecule has 1 N–H and O–H groups in total. The van der Waals surface area contributed by atoms with Gasteiger partial charge in [0, 0.05) is 18.0 Å². The van der Waals surface area contributed by atoms with E-state index in [2.05, 4.69) is 10.3 Å². The van der Waals surface area contributed by atoms with Crippen molar-refractivity contribution in [2.24, 2.45) is 0 Å². The van der Waals surface area contributed by atoms with Gasteiger partial charge >= 0.3 is 6.09 Å². The molecule has 1 unspecified atom stereocenters. The predicted octanol–water partition coefficient (Wildman–Crippen LogP) is 1.70. The summed E-state index contributed by atoms with van der Waals surface area (Å²) in [6, 6.07) is 1.76. The zero-order chi connectivity index (χ0) is 8.55. The molecule has 0 radical (unpaired) electrons. The third-order valence-corrected chi connectivity index (χ3v) is 1.81. The largest absolute Gasteiger partial charge is 0.441 e. The van der Waals surface area contributed by atoms with Crippen LogP contribution < -0.4 is 5.32 Å². The molecule has 0 spiro atoms. The number of aromatic nitrogens is 1. The number of carbonyl (C=O) groups is 1. The minimum Gasteiger partial charge on any atom is -0.441 e. The number of nitrogens with one attached hydrogen (secondary N) is 1. The van der Waals surface area contributed by atoms with E-state index in [-0.39, 0.29) is 6.10 Å². The van der Waals surface area contributed by atoms with Crippen molar-refractivity contribution in [3.8, 4) is 0 Å². The van der Waals surface area contributed by atoms with Gasteiger partial charge in [0.15, 0.2) is 0 Å². The van der Waals surface area contributed by atoms with Crippen molar-refractivity contribution in [2.75, 3.05) is 5.32 Å². The number of cyclic esters (lactones) is 1. The van der Waals surface area contributed by atoms with Gasteiger partial charge in [-0.1, -0.05) is 0 Å². The van der Waals surface area contributed by atoms with Crippen molar-refractivity contribution in [1.29, 1.82) is 0 Å². The molecule has 1 amide bonds. The molecule has 0 saturated carbocycles. The summed E-state index contributed by atoms with van der Waals surface area (Å²) in [6.07, 6.45) is 2.72. The van der Waals surface area contributed by atoms with Gasteiger partial charge in [-0.3, -0.25) is 10.3 Å². The van der Waals surface area contributed by atoms with Gasteiger partial charge in [0.25, 0.3) is 0 Å². The third kappa shape index (κ3) is 1.01. The molecule has 12 heavy (non-hydrogen) atoms. The number of anilines is 1. The summed E-state index contributed by atoms with van der Waals surface area (Å²) in [5.41, 5.74) is 1.70. The number of nitrogens with zero attached hydrogens (tertiary/aromatic N) is 1. The highest BCUT2D eigenvalue weighted by atomic mass is 16.6. The van der Waals surface area contributed by atoms with Crippen molar-refractivity contribution in [3.63, 3.8) is 0 Å². The first kappa shape index (κ1) is 7.09. The zero-order valence-electron chi connectivity index (χ0n) is 6.57. The van der Waals surface area contributed by atoms with E-state index in [1.807, 2.05) is 6.92 Å². The Kier molecular flexibility index (Phi) is 1.46. The zero-order valence-corrected chi connectivity index (χ0v) is 6.57. The Labute approximate surface area is 69.6 Å². The highest BCUT2D eigenvalue weighted by Gasteiger charge is 2.21. The van der Waals surface area contributed by atoms with E-state index in [1.165, 1.54) is 0 Å². The molecule has 1 aliphatic heterocycles. The van der Waals surface area contributed by atoms with E-state index in [0.29, 0.717) is 0 Å². The molecule has 4 heteroatoms. The standard InChI is InChI=1S/C8H8N2O2/c1-5-6-4-9-3-2-7(6)10-8(11)12-5/h2-5H,1H3,(H,10,11). The quantitative estimate of drug-likeness (QED) is 0.635. The van der Waals surface area contributed by atoms with Crippen molar-refractivity contribution < 1.29 is 9.53 Å². The number of amides is 1. The highest BCUT2D eigenvalue weighted by molar-refractivity contribution is 5.87. The van der Waals surface area contributed by atoms with Crippen LogP contribution >= 0.6 is 0 Å². The average molecular weight is 164 g/mol. The van der Waals surface area contributed by atoms with Crippen LogP contribution in [0.3, 0.4) is 0 Å². The maximum Gasteiger partial charge on any atom is 0.412 e. The number of carbonyl (C=O) groups excluding carboxylic acids is 1. The van der Waals surface area contributed by atoms with E-state index in [9.17, 15) is 4.79 Å². The molecule has 1 atom stereocenters. The maximum atomic E-state index is 10.9. The van der Waals surface area contributed by atoms with Gasteiger partial charge < -0.3 is 4.74 Å². The van der Waals surface area contributed by atoms with Crippen molar-refractivity contribution in [1.82, 2.24) is 4.98 Å². The molecule has 1 aromatic rings. The summed E-state index contributed by atoms with van der Waals surface area (Å²) in [6.45, 7) is 1.82. The Hall–Kier alpha value is -1.58. The van der Waals surface area contributed by atoms with Gasteiger partial charge in [-0.25, -0.2) is 4.79 Å². The Bertz CT molecular complexity index is 325. The highest BCUT2D eigenvalue weighted by Crippen LogP contribution is 2.28.